The highest BCUT2D eigenvalue weighted by molar-refractivity contribution is 5.98. The van der Waals surface area contributed by atoms with Crippen LogP contribution in [0.2, 0.25) is 0 Å². The van der Waals surface area contributed by atoms with E-state index in [1.54, 1.807) is 0 Å². The normalized spacial score (nSPS) is 20.8. The molecule has 1 aliphatic heterocycles. The Morgan fingerprint density at radius 3 is 2.63 bits per heavy atom. The fourth-order valence-corrected chi connectivity index (χ4v) is 5.31. The Hall–Kier alpha value is -4.02. The lowest BCUT2D eigenvalue weighted by Crippen LogP contribution is -2.46. The van der Waals surface area contributed by atoms with Gasteiger partial charge in [-0.1, -0.05) is 62.2 Å². The molecule has 230 valence electrons. The largest absolute Gasteiger partial charge is 0.493 e. The predicted octanol–water partition coefficient (Wildman–Crippen LogP) is 4.66. The molecule has 1 amide bonds. The van der Waals surface area contributed by atoms with Crippen LogP contribution in [0.25, 0.3) is 10.8 Å². The first kappa shape index (κ1) is 31.9. The topological polar surface area (TPSA) is 122 Å². The molecule has 0 saturated carbocycles. The van der Waals surface area contributed by atoms with Crippen molar-refractivity contribution in [3.05, 3.63) is 66.0 Å². The highest BCUT2D eigenvalue weighted by atomic mass is 16.6. The van der Waals surface area contributed by atoms with Gasteiger partial charge < -0.3 is 29.0 Å². The van der Waals surface area contributed by atoms with E-state index in [0.717, 1.165) is 35.6 Å². The molecule has 0 unspecified atom stereocenters. The van der Waals surface area contributed by atoms with Gasteiger partial charge >= 0.3 is 11.9 Å². The van der Waals surface area contributed by atoms with Crippen LogP contribution in [0.3, 0.4) is 0 Å². The van der Waals surface area contributed by atoms with Crippen molar-refractivity contribution in [2.75, 3.05) is 26.9 Å². The standard InChI is InChI=1S/C33H40N2O8/c1-5-6-9-17-41-30-21(2)42-33(38)27(35-32(37)29-31(43-22(3)36)28(39-4)15-16-34-29)20-40-19-25(30)18-24-13-10-12-23-11-7-8-14-26(23)24/h7-8,10-16,21,25,27,30H,5-6,9,17-20H2,1-4H3,(H,35,37)/t21-,25-,27-,30-/m0/s1. The van der Waals surface area contributed by atoms with Gasteiger partial charge in [0.1, 0.15) is 6.10 Å². The Labute approximate surface area is 252 Å². The van der Waals surface area contributed by atoms with Gasteiger partial charge in [-0.25, -0.2) is 9.78 Å². The monoisotopic (exact) mass is 592 g/mol. The zero-order chi connectivity index (χ0) is 30.8. The molecule has 10 nitrogen and oxygen atoms in total. The third-order valence-corrected chi connectivity index (χ3v) is 7.41. The summed E-state index contributed by atoms with van der Waals surface area (Å²) in [6.45, 7) is 5.84. The van der Waals surface area contributed by atoms with E-state index in [2.05, 4.69) is 41.5 Å². The summed E-state index contributed by atoms with van der Waals surface area (Å²) >= 11 is 0. The van der Waals surface area contributed by atoms with Gasteiger partial charge in [-0.2, -0.15) is 0 Å². The molecule has 0 aliphatic carbocycles. The highest BCUT2D eigenvalue weighted by Crippen LogP contribution is 2.30. The van der Waals surface area contributed by atoms with E-state index in [4.69, 9.17) is 23.7 Å². The van der Waals surface area contributed by atoms with Crippen molar-refractivity contribution in [3.8, 4) is 11.5 Å². The molecule has 4 atom stereocenters. The number of fused-ring (bicyclic) bond motifs is 1. The summed E-state index contributed by atoms with van der Waals surface area (Å²) in [5.41, 5.74) is 0.944. The number of methoxy groups -OCH3 is 1. The summed E-state index contributed by atoms with van der Waals surface area (Å²) in [7, 11) is 1.38. The van der Waals surface area contributed by atoms with Crippen molar-refractivity contribution in [3.63, 3.8) is 0 Å². The van der Waals surface area contributed by atoms with Gasteiger partial charge in [-0.3, -0.25) is 9.59 Å². The number of pyridine rings is 1. The number of aromatic nitrogens is 1. The molecule has 0 spiro atoms. The number of nitrogens with one attached hydrogen (secondary N) is 1. The Balaban J connectivity index is 1.56. The summed E-state index contributed by atoms with van der Waals surface area (Å²) < 4.78 is 28.8. The summed E-state index contributed by atoms with van der Waals surface area (Å²) in [5.74, 6) is -2.17. The zero-order valence-corrected chi connectivity index (χ0v) is 25.2. The second-order valence-corrected chi connectivity index (χ2v) is 10.6. The van der Waals surface area contributed by atoms with Crippen molar-refractivity contribution in [2.45, 2.75) is 64.7 Å². The molecule has 2 heterocycles. The van der Waals surface area contributed by atoms with Gasteiger partial charge in [-0.05, 0) is 36.1 Å². The minimum absolute atomic E-state index is 0.125. The summed E-state index contributed by atoms with van der Waals surface area (Å²) in [5, 5.41) is 4.94. The molecule has 1 saturated heterocycles. The molecule has 3 aromatic rings. The maximum Gasteiger partial charge on any atom is 0.331 e. The fourth-order valence-electron chi connectivity index (χ4n) is 5.31. The van der Waals surface area contributed by atoms with E-state index in [0.29, 0.717) is 13.0 Å². The lowest BCUT2D eigenvalue weighted by molar-refractivity contribution is -0.160. The number of amides is 1. The number of rotatable bonds is 11. The van der Waals surface area contributed by atoms with Gasteiger partial charge in [-0.15, -0.1) is 0 Å². The Morgan fingerprint density at radius 1 is 1.07 bits per heavy atom. The molecular formula is C33H40N2O8. The SMILES string of the molecule is CCCCCO[C@@H]1[C@@H](Cc2cccc3ccccc23)COC[C@H](NC(=O)c2nccc(OC)c2OC(C)=O)C(=O)O[C@H]1C. The van der Waals surface area contributed by atoms with E-state index in [-0.39, 0.29) is 36.3 Å². The number of carbonyl (C=O) groups excluding carboxylic acids is 3. The van der Waals surface area contributed by atoms with E-state index in [1.165, 1.54) is 26.3 Å². The van der Waals surface area contributed by atoms with Crippen LogP contribution in [-0.4, -0.2) is 68.0 Å². The van der Waals surface area contributed by atoms with Crippen LogP contribution >= 0.6 is 0 Å². The molecule has 4 rings (SSSR count). The average molecular weight is 593 g/mol. The summed E-state index contributed by atoms with van der Waals surface area (Å²) in [6, 6.07) is 14.8. The number of esters is 2. The van der Waals surface area contributed by atoms with E-state index in [1.807, 2.05) is 25.1 Å². The van der Waals surface area contributed by atoms with Gasteiger partial charge in [0.05, 0.1) is 26.4 Å². The first-order chi connectivity index (χ1) is 20.8. The van der Waals surface area contributed by atoms with Crippen molar-refractivity contribution >= 4 is 28.6 Å². The highest BCUT2D eigenvalue weighted by Gasteiger charge is 2.36. The minimum atomic E-state index is -1.13. The van der Waals surface area contributed by atoms with Gasteiger partial charge in [0.25, 0.3) is 5.91 Å². The molecule has 1 fully saturated rings. The Kier molecular flexibility index (Phi) is 11.5. The summed E-state index contributed by atoms with van der Waals surface area (Å²) in [6.07, 6.45) is 3.95. The quantitative estimate of drug-likeness (QED) is 0.250. The molecule has 0 radical (unpaired) electrons. The second kappa shape index (κ2) is 15.5. The second-order valence-electron chi connectivity index (χ2n) is 10.6. The average Bonchev–Trinajstić information content (AvgIpc) is 3.04. The fraction of sp³-hybridized carbons (Fsp3) is 0.455. The van der Waals surface area contributed by atoms with E-state index < -0.39 is 36.1 Å². The van der Waals surface area contributed by atoms with Crippen molar-refractivity contribution in [2.24, 2.45) is 5.92 Å². The number of nitrogens with zero attached hydrogens (tertiary/aromatic N) is 1. The number of ether oxygens (including phenoxy) is 5. The first-order valence-electron chi connectivity index (χ1n) is 14.7. The third-order valence-electron chi connectivity index (χ3n) is 7.41. The number of hydrogen-bond donors (Lipinski definition) is 1. The Bertz CT molecular complexity index is 1410. The lowest BCUT2D eigenvalue weighted by atomic mass is 9.89. The molecule has 2 aromatic carbocycles. The molecule has 1 aromatic heterocycles. The van der Waals surface area contributed by atoms with Crippen molar-refractivity contribution < 1.29 is 38.1 Å². The van der Waals surface area contributed by atoms with E-state index in [9.17, 15) is 14.4 Å². The molecule has 10 heteroatoms. The number of hydrogen-bond acceptors (Lipinski definition) is 9. The lowest BCUT2D eigenvalue weighted by Gasteiger charge is -2.31. The van der Waals surface area contributed by atoms with Crippen LogP contribution < -0.4 is 14.8 Å². The van der Waals surface area contributed by atoms with Gasteiger partial charge in [0.2, 0.25) is 5.75 Å². The molecular weight excluding hydrogens is 552 g/mol. The van der Waals surface area contributed by atoms with E-state index >= 15 is 0 Å². The number of cyclic esters (lactones) is 1. The maximum absolute atomic E-state index is 13.3. The van der Waals surface area contributed by atoms with Gasteiger partial charge in [0, 0.05) is 31.7 Å². The molecule has 0 bridgehead atoms. The predicted molar refractivity (Wildman–Crippen MR) is 160 cm³/mol. The third kappa shape index (κ3) is 8.30. The van der Waals surface area contributed by atoms with Crippen LogP contribution in [0.4, 0.5) is 0 Å². The van der Waals surface area contributed by atoms with Crippen molar-refractivity contribution in [1.29, 1.82) is 0 Å². The zero-order valence-electron chi connectivity index (χ0n) is 25.2. The maximum atomic E-state index is 13.3. The summed E-state index contributed by atoms with van der Waals surface area (Å²) in [4.78, 5) is 42.4. The van der Waals surface area contributed by atoms with Crippen LogP contribution in [0.1, 0.15) is 56.1 Å². The van der Waals surface area contributed by atoms with Crippen LogP contribution in [0, 0.1) is 5.92 Å². The number of carbonyl (C=O) groups is 3. The number of unbranched alkanes of at least 4 members (excludes halogenated alkanes) is 2. The molecule has 1 aliphatic rings. The van der Waals surface area contributed by atoms with Crippen LogP contribution in [0.15, 0.2) is 54.7 Å². The molecule has 1 N–H and O–H groups in total. The number of benzene rings is 2. The van der Waals surface area contributed by atoms with Crippen molar-refractivity contribution in [1.82, 2.24) is 10.3 Å². The van der Waals surface area contributed by atoms with Crippen LogP contribution in [-0.2, 0) is 30.2 Å². The van der Waals surface area contributed by atoms with Crippen LogP contribution in [0.5, 0.6) is 11.5 Å². The minimum Gasteiger partial charge on any atom is -0.493 e. The Morgan fingerprint density at radius 2 is 1.86 bits per heavy atom. The smallest absolute Gasteiger partial charge is 0.331 e. The molecule has 43 heavy (non-hydrogen) atoms. The first-order valence-corrected chi connectivity index (χ1v) is 14.7. The van der Waals surface area contributed by atoms with Gasteiger partial charge in [0.15, 0.2) is 17.5 Å².